The molecular formula is C20H33N3O5. The monoisotopic (exact) mass is 395 g/mol. The Morgan fingerprint density at radius 1 is 1.18 bits per heavy atom. The molecule has 1 atom stereocenters. The summed E-state index contributed by atoms with van der Waals surface area (Å²) in [5, 5.41) is 16.0. The van der Waals surface area contributed by atoms with Crippen LogP contribution < -0.4 is 24.8 Å². The molecule has 2 rings (SSSR count). The number of methoxy groups -OCH3 is 2. The first-order chi connectivity index (χ1) is 13.6. The van der Waals surface area contributed by atoms with E-state index < -0.39 is 0 Å². The molecule has 1 fully saturated rings. The summed E-state index contributed by atoms with van der Waals surface area (Å²) < 4.78 is 21.8. The minimum Gasteiger partial charge on any atom is -0.496 e. The lowest BCUT2D eigenvalue weighted by Gasteiger charge is -2.27. The van der Waals surface area contributed by atoms with Gasteiger partial charge in [-0.3, -0.25) is 4.99 Å². The summed E-state index contributed by atoms with van der Waals surface area (Å²) in [6, 6.07) is 5.48. The average molecular weight is 396 g/mol. The van der Waals surface area contributed by atoms with Gasteiger partial charge >= 0.3 is 0 Å². The first-order valence-electron chi connectivity index (χ1n) is 9.64. The number of ether oxygens (including phenoxy) is 4. The highest BCUT2D eigenvalue weighted by atomic mass is 16.5. The number of guanidine groups is 1. The van der Waals surface area contributed by atoms with Crippen molar-refractivity contribution in [2.45, 2.75) is 19.3 Å². The number of nitrogens with zero attached hydrogens (tertiary/aromatic N) is 1. The van der Waals surface area contributed by atoms with Gasteiger partial charge in [-0.2, -0.15) is 0 Å². The lowest BCUT2D eigenvalue weighted by Crippen LogP contribution is -2.44. The van der Waals surface area contributed by atoms with Crippen LogP contribution in [0.3, 0.4) is 0 Å². The smallest absolute Gasteiger partial charge is 0.191 e. The van der Waals surface area contributed by atoms with Crippen molar-refractivity contribution in [3.8, 4) is 17.2 Å². The van der Waals surface area contributed by atoms with Crippen LogP contribution in [0, 0.1) is 5.41 Å². The molecule has 0 amide bonds. The second-order valence-electron chi connectivity index (χ2n) is 6.88. The van der Waals surface area contributed by atoms with E-state index in [4.69, 9.17) is 18.9 Å². The SMILES string of the molecule is CN=C(NCCCOc1cc(OC)cc(OC)c1)NCC1(CCO)CCOC1. The van der Waals surface area contributed by atoms with Gasteiger partial charge in [0.2, 0.25) is 0 Å². The molecule has 28 heavy (non-hydrogen) atoms. The van der Waals surface area contributed by atoms with E-state index in [0.717, 1.165) is 44.9 Å². The lowest BCUT2D eigenvalue weighted by atomic mass is 9.84. The van der Waals surface area contributed by atoms with E-state index in [0.29, 0.717) is 30.5 Å². The summed E-state index contributed by atoms with van der Waals surface area (Å²) in [7, 11) is 4.98. The number of aliphatic hydroxyl groups is 1. The molecule has 0 spiro atoms. The summed E-state index contributed by atoms with van der Waals surface area (Å²) in [5.74, 6) is 2.85. The maximum Gasteiger partial charge on any atom is 0.191 e. The zero-order valence-electron chi connectivity index (χ0n) is 17.1. The van der Waals surface area contributed by atoms with E-state index in [9.17, 15) is 5.11 Å². The van der Waals surface area contributed by atoms with E-state index in [-0.39, 0.29) is 12.0 Å². The average Bonchev–Trinajstić information content (AvgIpc) is 3.18. The standard InChI is InChI=1S/C20H33N3O5/c1-21-19(23-14-20(5-8-24)6-10-27-15-20)22-7-4-9-28-18-12-16(25-2)11-17(13-18)26-3/h11-13,24H,4-10,14-15H2,1-3H3,(H2,21,22,23). The number of benzene rings is 1. The zero-order chi connectivity index (χ0) is 20.2. The van der Waals surface area contributed by atoms with Crippen LogP contribution in [-0.4, -0.2) is 71.9 Å². The summed E-state index contributed by atoms with van der Waals surface area (Å²) >= 11 is 0. The van der Waals surface area contributed by atoms with Crippen molar-refractivity contribution >= 4 is 5.96 Å². The minimum absolute atomic E-state index is 0.0130. The van der Waals surface area contributed by atoms with Gasteiger partial charge in [-0.05, 0) is 19.3 Å². The highest BCUT2D eigenvalue weighted by Crippen LogP contribution is 2.31. The molecule has 158 valence electrons. The Hall–Kier alpha value is -2.19. The molecule has 3 N–H and O–H groups in total. The highest BCUT2D eigenvalue weighted by molar-refractivity contribution is 5.79. The molecule has 1 unspecified atom stereocenters. The van der Waals surface area contributed by atoms with Gasteiger partial charge < -0.3 is 34.7 Å². The second-order valence-corrected chi connectivity index (χ2v) is 6.88. The van der Waals surface area contributed by atoms with Crippen molar-refractivity contribution in [1.82, 2.24) is 10.6 Å². The molecule has 0 aliphatic carbocycles. The van der Waals surface area contributed by atoms with Gasteiger partial charge in [-0.15, -0.1) is 0 Å². The topological polar surface area (TPSA) is 93.6 Å². The predicted octanol–water partition coefficient (Wildman–Crippen LogP) is 1.43. The Balaban J connectivity index is 1.70. The lowest BCUT2D eigenvalue weighted by molar-refractivity contribution is 0.127. The fourth-order valence-electron chi connectivity index (χ4n) is 3.14. The third-order valence-electron chi connectivity index (χ3n) is 4.89. The van der Waals surface area contributed by atoms with Crippen LogP contribution in [0.4, 0.5) is 0 Å². The predicted molar refractivity (Wildman–Crippen MR) is 109 cm³/mol. The maximum atomic E-state index is 9.32. The molecule has 1 aromatic carbocycles. The van der Waals surface area contributed by atoms with E-state index in [2.05, 4.69) is 15.6 Å². The van der Waals surface area contributed by atoms with Crippen LogP contribution in [-0.2, 0) is 4.74 Å². The third-order valence-corrected chi connectivity index (χ3v) is 4.89. The van der Waals surface area contributed by atoms with Crippen LogP contribution in [0.25, 0.3) is 0 Å². The van der Waals surface area contributed by atoms with Gasteiger partial charge in [0.05, 0.1) is 27.4 Å². The molecule has 1 saturated heterocycles. The van der Waals surface area contributed by atoms with Gasteiger partial charge in [0.15, 0.2) is 5.96 Å². The summed E-state index contributed by atoms with van der Waals surface area (Å²) in [6.07, 6.45) is 2.50. The molecule has 0 aromatic heterocycles. The fourth-order valence-corrected chi connectivity index (χ4v) is 3.14. The first kappa shape index (κ1) is 22.1. The molecule has 1 heterocycles. The fraction of sp³-hybridized carbons (Fsp3) is 0.650. The number of hydrogen-bond donors (Lipinski definition) is 3. The second kappa shape index (κ2) is 11.6. The van der Waals surface area contributed by atoms with E-state index in [1.54, 1.807) is 21.3 Å². The highest BCUT2D eigenvalue weighted by Gasteiger charge is 2.34. The van der Waals surface area contributed by atoms with Gasteiger partial charge in [-0.1, -0.05) is 0 Å². The van der Waals surface area contributed by atoms with E-state index in [1.807, 2.05) is 18.2 Å². The van der Waals surface area contributed by atoms with Crippen LogP contribution >= 0.6 is 0 Å². The van der Waals surface area contributed by atoms with Crippen molar-refractivity contribution in [2.24, 2.45) is 10.4 Å². The summed E-state index contributed by atoms with van der Waals surface area (Å²) in [6.45, 7) is 3.61. The molecule has 0 saturated carbocycles. The van der Waals surface area contributed by atoms with Crippen molar-refractivity contribution in [3.05, 3.63) is 18.2 Å². The molecule has 8 heteroatoms. The largest absolute Gasteiger partial charge is 0.496 e. The molecule has 0 radical (unpaired) electrons. The van der Waals surface area contributed by atoms with Crippen LogP contribution in [0.2, 0.25) is 0 Å². The normalized spacial score (nSPS) is 19.4. The Kier molecular flexibility index (Phi) is 9.16. The number of aliphatic imine (C=N–C) groups is 1. The number of rotatable bonds is 11. The van der Waals surface area contributed by atoms with Crippen LogP contribution in [0.1, 0.15) is 19.3 Å². The third kappa shape index (κ3) is 6.76. The first-order valence-corrected chi connectivity index (χ1v) is 9.64. The minimum atomic E-state index is -0.0130. The Labute approximate surface area is 167 Å². The van der Waals surface area contributed by atoms with Crippen molar-refractivity contribution in [1.29, 1.82) is 0 Å². The van der Waals surface area contributed by atoms with Crippen molar-refractivity contribution < 1.29 is 24.1 Å². The van der Waals surface area contributed by atoms with Crippen LogP contribution in [0.15, 0.2) is 23.2 Å². The number of nitrogens with one attached hydrogen (secondary N) is 2. The van der Waals surface area contributed by atoms with E-state index >= 15 is 0 Å². The van der Waals surface area contributed by atoms with E-state index in [1.165, 1.54) is 0 Å². The molecule has 1 aliphatic heterocycles. The number of aliphatic hydroxyl groups excluding tert-OH is 1. The molecule has 1 aromatic rings. The molecule has 0 bridgehead atoms. The Morgan fingerprint density at radius 2 is 1.89 bits per heavy atom. The van der Waals surface area contributed by atoms with Gasteiger partial charge in [0.25, 0.3) is 0 Å². The Morgan fingerprint density at radius 3 is 2.46 bits per heavy atom. The molecular weight excluding hydrogens is 362 g/mol. The summed E-state index contributed by atoms with van der Waals surface area (Å²) in [4.78, 5) is 4.26. The maximum absolute atomic E-state index is 9.32. The number of hydrogen-bond acceptors (Lipinski definition) is 6. The zero-order valence-corrected chi connectivity index (χ0v) is 17.1. The molecule has 8 nitrogen and oxygen atoms in total. The molecule has 1 aliphatic rings. The van der Waals surface area contributed by atoms with Crippen molar-refractivity contribution in [3.63, 3.8) is 0 Å². The Bertz CT molecular complexity index is 596. The quantitative estimate of drug-likeness (QED) is 0.296. The van der Waals surface area contributed by atoms with Gasteiger partial charge in [0, 0.05) is 57.0 Å². The van der Waals surface area contributed by atoms with Gasteiger partial charge in [-0.25, -0.2) is 0 Å². The van der Waals surface area contributed by atoms with Crippen LogP contribution in [0.5, 0.6) is 17.2 Å². The van der Waals surface area contributed by atoms with Crippen molar-refractivity contribution in [2.75, 3.05) is 60.8 Å². The summed E-state index contributed by atoms with van der Waals surface area (Å²) in [5.41, 5.74) is -0.0130. The van der Waals surface area contributed by atoms with Gasteiger partial charge in [0.1, 0.15) is 17.2 Å².